The van der Waals surface area contributed by atoms with Crippen LogP contribution in [0.5, 0.6) is 0 Å². The van der Waals surface area contributed by atoms with Crippen molar-refractivity contribution in [2.24, 2.45) is 5.92 Å². The van der Waals surface area contributed by atoms with Gasteiger partial charge in [-0.3, -0.25) is 0 Å². The number of nitrogens with two attached hydrogens (primary N) is 1. The first kappa shape index (κ1) is 14.3. The molecule has 1 saturated carbocycles. The minimum absolute atomic E-state index is 0.0505. The van der Waals surface area contributed by atoms with Gasteiger partial charge in [-0.25, -0.2) is 13.1 Å². The lowest BCUT2D eigenvalue weighted by atomic mass is 9.88. The molecule has 4 nitrogen and oxygen atoms in total. The Hall–Kier alpha value is -1.07. The van der Waals surface area contributed by atoms with Crippen molar-refractivity contribution < 1.29 is 8.42 Å². The quantitative estimate of drug-likeness (QED) is 0.836. The average molecular weight is 282 g/mol. The topological polar surface area (TPSA) is 72.2 Å². The molecular weight excluding hydrogens is 260 g/mol. The summed E-state index contributed by atoms with van der Waals surface area (Å²) in [7, 11) is -3.47. The largest absolute Gasteiger partial charge is 0.399 e. The highest BCUT2D eigenvalue weighted by Crippen LogP contribution is 2.26. The number of hydrogen-bond donors (Lipinski definition) is 2. The Balaban J connectivity index is 2.20. The van der Waals surface area contributed by atoms with Crippen LogP contribution in [-0.4, -0.2) is 14.5 Å². The Morgan fingerprint density at radius 1 is 1.32 bits per heavy atom. The Bertz CT molecular complexity index is 555. The van der Waals surface area contributed by atoms with E-state index in [1.165, 1.54) is 12.5 Å². The summed E-state index contributed by atoms with van der Waals surface area (Å²) in [4.78, 5) is 0.297. The van der Waals surface area contributed by atoms with Gasteiger partial charge in [0.25, 0.3) is 0 Å². The maximum atomic E-state index is 12.4. The molecule has 5 heteroatoms. The molecule has 0 heterocycles. The SMILES string of the molecule is Cc1ccc(N)cc1S(=O)(=O)NC1CCCC(C)C1. The number of benzene rings is 1. The van der Waals surface area contributed by atoms with Crippen LogP contribution < -0.4 is 10.5 Å². The molecule has 0 radical (unpaired) electrons. The molecule has 2 atom stereocenters. The number of nitrogen functional groups attached to an aromatic ring is 1. The third-order valence-electron chi connectivity index (χ3n) is 3.76. The lowest BCUT2D eigenvalue weighted by molar-refractivity contribution is 0.327. The Labute approximate surface area is 115 Å². The molecule has 106 valence electrons. The van der Waals surface area contributed by atoms with Crippen LogP contribution in [-0.2, 0) is 10.0 Å². The van der Waals surface area contributed by atoms with Gasteiger partial charge in [-0.05, 0) is 43.4 Å². The van der Waals surface area contributed by atoms with E-state index in [0.717, 1.165) is 24.8 Å². The molecule has 1 aromatic rings. The summed E-state index contributed by atoms with van der Waals surface area (Å²) in [6.45, 7) is 3.96. The van der Waals surface area contributed by atoms with Crippen molar-refractivity contribution in [2.75, 3.05) is 5.73 Å². The fourth-order valence-electron chi connectivity index (χ4n) is 2.73. The van der Waals surface area contributed by atoms with E-state index >= 15 is 0 Å². The van der Waals surface area contributed by atoms with Crippen LogP contribution in [0.15, 0.2) is 23.1 Å². The van der Waals surface area contributed by atoms with Crippen molar-refractivity contribution in [3.05, 3.63) is 23.8 Å². The van der Waals surface area contributed by atoms with Crippen molar-refractivity contribution in [3.63, 3.8) is 0 Å². The molecule has 19 heavy (non-hydrogen) atoms. The van der Waals surface area contributed by atoms with Gasteiger partial charge < -0.3 is 5.73 Å². The van der Waals surface area contributed by atoms with Gasteiger partial charge in [0, 0.05) is 11.7 Å². The van der Waals surface area contributed by atoms with Gasteiger partial charge >= 0.3 is 0 Å². The zero-order valence-electron chi connectivity index (χ0n) is 11.5. The third kappa shape index (κ3) is 3.48. The first-order valence-corrected chi connectivity index (χ1v) is 8.25. The van der Waals surface area contributed by atoms with Crippen molar-refractivity contribution >= 4 is 15.7 Å². The second-order valence-electron chi connectivity index (χ2n) is 5.61. The predicted molar refractivity (Wildman–Crippen MR) is 77.3 cm³/mol. The minimum atomic E-state index is -3.47. The molecule has 3 N–H and O–H groups in total. The summed E-state index contributed by atoms with van der Waals surface area (Å²) in [5.41, 5.74) is 6.89. The smallest absolute Gasteiger partial charge is 0.241 e. The average Bonchev–Trinajstić information content (AvgIpc) is 2.31. The van der Waals surface area contributed by atoms with Crippen LogP contribution >= 0.6 is 0 Å². The highest BCUT2D eigenvalue weighted by Gasteiger charge is 2.25. The van der Waals surface area contributed by atoms with Gasteiger partial charge in [-0.2, -0.15) is 0 Å². The van der Waals surface area contributed by atoms with E-state index in [9.17, 15) is 8.42 Å². The maximum absolute atomic E-state index is 12.4. The molecule has 0 aromatic heterocycles. The fraction of sp³-hybridized carbons (Fsp3) is 0.571. The molecular formula is C14H22N2O2S. The van der Waals surface area contributed by atoms with E-state index in [2.05, 4.69) is 11.6 Å². The number of aryl methyl sites for hydroxylation is 1. The van der Waals surface area contributed by atoms with Crippen LogP contribution in [0.4, 0.5) is 5.69 Å². The maximum Gasteiger partial charge on any atom is 0.241 e. The van der Waals surface area contributed by atoms with Gasteiger partial charge in [-0.1, -0.05) is 25.8 Å². The van der Waals surface area contributed by atoms with Gasteiger partial charge in [0.05, 0.1) is 4.90 Å². The molecule has 2 rings (SSSR count). The predicted octanol–water partition coefficient (Wildman–Crippen LogP) is 2.43. The summed E-state index contributed by atoms with van der Waals surface area (Å²) in [5.74, 6) is 0.586. The van der Waals surface area contributed by atoms with Crippen LogP contribution in [0, 0.1) is 12.8 Å². The van der Waals surface area contributed by atoms with E-state index in [0.29, 0.717) is 16.5 Å². The monoisotopic (exact) mass is 282 g/mol. The van der Waals surface area contributed by atoms with E-state index in [1.807, 2.05) is 0 Å². The first-order chi connectivity index (χ1) is 8.88. The van der Waals surface area contributed by atoms with Gasteiger partial charge in [0.15, 0.2) is 0 Å². The summed E-state index contributed by atoms with van der Waals surface area (Å²) in [6, 6.07) is 5.04. The number of sulfonamides is 1. The highest BCUT2D eigenvalue weighted by molar-refractivity contribution is 7.89. The number of nitrogens with one attached hydrogen (secondary N) is 1. The summed E-state index contributed by atoms with van der Waals surface area (Å²) in [6.07, 6.45) is 4.12. The van der Waals surface area contributed by atoms with E-state index in [-0.39, 0.29) is 6.04 Å². The van der Waals surface area contributed by atoms with E-state index in [4.69, 9.17) is 5.73 Å². The molecule has 1 aliphatic carbocycles. The first-order valence-electron chi connectivity index (χ1n) is 6.77. The van der Waals surface area contributed by atoms with Crippen molar-refractivity contribution in [1.82, 2.24) is 4.72 Å². The minimum Gasteiger partial charge on any atom is -0.399 e. The van der Waals surface area contributed by atoms with Crippen LogP contribution in [0.25, 0.3) is 0 Å². The standard InChI is InChI=1S/C14H22N2O2S/c1-10-4-3-5-13(8-10)16-19(17,18)14-9-12(15)7-6-11(14)2/h6-7,9-10,13,16H,3-5,8,15H2,1-2H3. The summed E-state index contributed by atoms with van der Waals surface area (Å²) >= 11 is 0. The molecule has 0 spiro atoms. The van der Waals surface area contributed by atoms with Crippen molar-refractivity contribution in [3.8, 4) is 0 Å². The van der Waals surface area contributed by atoms with E-state index < -0.39 is 10.0 Å². The number of anilines is 1. The second kappa shape index (κ2) is 5.51. The molecule has 2 unspecified atom stereocenters. The van der Waals surface area contributed by atoms with E-state index in [1.54, 1.807) is 19.1 Å². The summed E-state index contributed by atoms with van der Waals surface area (Å²) < 4.78 is 27.7. The lowest BCUT2D eigenvalue weighted by Gasteiger charge is -2.27. The van der Waals surface area contributed by atoms with Crippen molar-refractivity contribution in [2.45, 2.75) is 50.5 Å². The molecule has 1 fully saturated rings. The Kier molecular flexibility index (Phi) is 4.16. The Morgan fingerprint density at radius 2 is 2.05 bits per heavy atom. The van der Waals surface area contributed by atoms with Gasteiger partial charge in [0.1, 0.15) is 0 Å². The molecule has 0 saturated heterocycles. The molecule has 0 bridgehead atoms. The normalized spacial score (nSPS) is 24.3. The highest BCUT2D eigenvalue weighted by atomic mass is 32.2. The van der Waals surface area contributed by atoms with Crippen molar-refractivity contribution in [1.29, 1.82) is 0 Å². The molecule has 0 aliphatic heterocycles. The van der Waals surface area contributed by atoms with Crippen LogP contribution in [0.2, 0.25) is 0 Å². The zero-order chi connectivity index (χ0) is 14.0. The lowest BCUT2D eigenvalue weighted by Crippen LogP contribution is -2.38. The van der Waals surface area contributed by atoms with Crippen LogP contribution in [0.3, 0.4) is 0 Å². The fourth-order valence-corrected chi connectivity index (χ4v) is 4.29. The molecule has 1 aliphatic rings. The molecule has 0 amide bonds. The molecule has 1 aromatic carbocycles. The van der Waals surface area contributed by atoms with Gasteiger partial charge in [0.2, 0.25) is 10.0 Å². The number of rotatable bonds is 3. The Morgan fingerprint density at radius 3 is 2.74 bits per heavy atom. The summed E-state index contributed by atoms with van der Waals surface area (Å²) in [5, 5.41) is 0. The zero-order valence-corrected chi connectivity index (χ0v) is 12.3. The van der Waals surface area contributed by atoms with Crippen LogP contribution in [0.1, 0.15) is 38.2 Å². The number of hydrogen-bond acceptors (Lipinski definition) is 3. The third-order valence-corrected chi connectivity index (χ3v) is 5.42. The van der Waals surface area contributed by atoms with Gasteiger partial charge in [-0.15, -0.1) is 0 Å². The second-order valence-corrected chi connectivity index (χ2v) is 7.30.